The monoisotopic (exact) mass is 299 g/mol. The van der Waals surface area contributed by atoms with Gasteiger partial charge in [-0.3, -0.25) is 4.98 Å². The lowest BCUT2D eigenvalue weighted by atomic mass is 10.1. The number of hydrogen-bond donors (Lipinski definition) is 0. The Balaban J connectivity index is 2.15. The molecule has 114 valence electrons. The lowest BCUT2D eigenvalue weighted by Crippen LogP contribution is -2.14. The zero-order chi connectivity index (χ0) is 15.8. The molecule has 0 atom stereocenters. The third-order valence-corrected chi connectivity index (χ3v) is 2.85. The molecule has 1 aromatic heterocycles. The smallest absolute Gasteiger partial charge is 0.337 e. The van der Waals surface area contributed by atoms with E-state index in [2.05, 4.69) is 4.98 Å². The average Bonchev–Trinajstić information content (AvgIpc) is 2.55. The Kier molecular flexibility index (Phi) is 5.68. The molecule has 0 amide bonds. The summed E-state index contributed by atoms with van der Waals surface area (Å²) in [4.78, 5) is 15.4. The predicted molar refractivity (Wildman–Crippen MR) is 83.7 cm³/mol. The van der Waals surface area contributed by atoms with E-state index in [1.54, 1.807) is 24.5 Å². The lowest BCUT2D eigenvalue weighted by Gasteiger charge is -2.09. The maximum Gasteiger partial charge on any atom is 0.337 e. The highest BCUT2D eigenvalue weighted by Gasteiger charge is 2.10. The van der Waals surface area contributed by atoms with Crippen LogP contribution in [0.25, 0.3) is 12.2 Å². The van der Waals surface area contributed by atoms with Gasteiger partial charge in [0.2, 0.25) is 0 Å². The summed E-state index contributed by atoms with van der Waals surface area (Å²) in [5.74, 6) is 0.382. The molecule has 0 spiro atoms. The Morgan fingerprint density at radius 1 is 1.05 bits per heavy atom. The molecule has 2 aromatic rings. The second-order valence-electron chi connectivity index (χ2n) is 4.43. The van der Waals surface area contributed by atoms with Crippen LogP contribution in [0.4, 0.5) is 0 Å². The largest absolute Gasteiger partial charge is 0.493 e. The van der Waals surface area contributed by atoms with E-state index < -0.39 is 5.97 Å². The van der Waals surface area contributed by atoms with Crippen molar-refractivity contribution in [1.82, 2.24) is 4.98 Å². The van der Waals surface area contributed by atoms with Crippen LogP contribution in [0.2, 0.25) is 0 Å². The van der Waals surface area contributed by atoms with Crippen LogP contribution in [0.3, 0.4) is 0 Å². The number of hydrogen-bond acceptors (Lipinski definition) is 5. The standard InChI is InChI=1S/C17H17NO4/c1-20-12-17(19)22-15-6-5-14(11-16(15)21-2)4-3-13-7-9-18-10-8-13/h3-11H,12H2,1-2H3/b4-3+. The zero-order valence-electron chi connectivity index (χ0n) is 12.5. The molecule has 5 heteroatoms. The molecular formula is C17H17NO4. The van der Waals surface area contributed by atoms with Crippen molar-refractivity contribution in [3.8, 4) is 11.5 Å². The number of esters is 1. The minimum Gasteiger partial charge on any atom is -0.493 e. The van der Waals surface area contributed by atoms with E-state index >= 15 is 0 Å². The molecule has 0 aliphatic heterocycles. The number of nitrogens with zero attached hydrogens (tertiary/aromatic N) is 1. The van der Waals surface area contributed by atoms with Crippen LogP contribution in [0.1, 0.15) is 11.1 Å². The maximum absolute atomic E-state index is 11.5. The summed E-state index contributed by atoms with van der Waals surface area (Å²) in [6.07, 6.45) is 7.38. The van der Waals surface area contributed by atoms with Crippen LogP contribution in [-0.2, 0) is 9.53 Å². The van der Waals surface area contributed by atoms with Gasteiger partial charge < -0.3 is 14.2 Å². The van der Waals surface area contributed by atoms with Crippen molar-refractivity contribution in [1.29, 1.82) is 0 Å². The summed E-state index contributed by atoms with van der Waals surface area (Å²) in [6.45, 7) is -0.104. The molecule has 0 bridgehead atoms. The van der Waals surface area contributed by atoms with E-state index in [0.717, 1.165) is 11.1 Å². The zero-order valence-corrected chi connectivity index (χ0v) is 12.5. The fourth-order valence-electron chi connectivity index (χ4n) is 1.81. The third-order valence-electron chi connectivity index (χ3n) is 2.85. The first-order valence-electron chi connectivity index (χ1n) is 6.68. The van der Waals surface area contributed by atoms with E-state index in [0.29, 0.717) is 11.5 Å². The SMILES string of the molecule is COCC(=O)Oc1ccc(/C=C/c2ccncc2)cc1OC. The number of benzene rings is 1. The summed E-state index contributed by atoms with van der Waals surface area (Å²) in [7, 11) is 2.96. The summed E-state index contributed by atoms with van der Waals surface area (Å²) >= 11 is 0. The number of ether oxygens (including phenoxy) is 3. The number of rotatable bonds is 6. The Bertz CT molecular complexity index is 653. The van der Waals surface area contributed by atoms with Crippen LogP contribution in [0.15, 0.2) is 42.7 Å². The second-order valence-corrected chi connectivity index (χ2v) is 4.43. The van der Waals surface area contributed by atoms with Gasteiger partial charge in [-0.2, -0.15) is 0 Å². The lowest BCUT2D eigenvalue weighted by molar-refractivity contribution is -0.138. The Morgan fingerprint density at radius 2 is 1.77 bits per heavy atom. The fraction of sp³-hybridized carbons (Fsp3) is 0.176. The maximum atomic E-state index is 11.5. The van der Waals surface area contributed by atoms with E-state index in [9.17, 15) is 4.79 Å². The topological polar surface area (TPSA) is 57.7 Å². The highest BCUT2D eigenvalue weighted by Crippen LogP contribution is 2.29. The number of pyridine rings is 1. The third kappa shape index (κ3) is 4.43. The number of aromatic nitrogens is 1. The molecule has 22 heavy (non-hydrogen) atoms. The highest BCUT2D eigenvalue weighted by atomic mass is 16.6. The molecule has 5 nitrogen and oxygen atoms in total. The van der Waals surface area contributed by atoms with Crippen molar-refractivity contribution in [3.05, 3.63) is 53.9 Å². The van der Waals surface area contributed by atoms with Gasteiger partial charge in [-0.25, -0.2) is 4.79 Å². The van der Waals surface area contributed by atoms with Gasteiger partial charge in [-0.05, 0) is 35.4 Å². The summed E-state index contributed by atoms with van der Waals surface area (Å²) in [5.41, 5.74) is 1.98. The van der Waals surface area contributed by atoms with Crippen molar-refractivity contribution in [2.75, 3.05) is 20.8 Å². The molecule has 1 aromatic carbocycles. The van der Waals surface area contributed by atoms with Gasteiger partial charge in [0.05, 0.1) is 7.11 Å². The first-order chi connectivity index (χ1) is 10.7. The highest BCUT2D eigenvalue weighted by molar-refractivity contribution is 5.75. The molecule has 0 saturated heterocycles. The fourth-order valence-corrected chi connectivity index (χ4v) is 1.81. The van der Waals surface area contributed by atoms with E-state index in [1.165, 1.54) is 14.2 Å². The van der Waals surface area contributed by atoms with Crippen molar-refractivity contribution < 1.29 is 19.0 Å². The van der Waals surface area contributed by atoms with Gasteiger partial charge in [0, 0.05) is 19.5 Å². The van der Waals surface area contributed by atoms with Gasteiger partial charge in [-0.1, -0.05) is 18.2 Å². The normalized spacial score (nSPS) is 10.6. The number of carbonyl (C=O) groups excluding carboxylic acids is 1. The minimum absolute atomic E-state index is 0.104. The van der Waals surface area contributed by atoms with Gasteiger partial charge in [0.15, 0.2) is 11.5 Å². The molecular weight excluding hydrogens is 282 g/mol. The Labute approximate surface area is 129 Å². The molecule has 2 rings (SSSR count). The van der Waals surface area contributed by atoms with Crippen LogP contribution in [-0.4, -0.2) is 31.8 Å². The van der Waals surface area contributed by atoms with Gasteiger partial charge in [-0.15, -0.1) is 0 Å². The van der Waals surface area contributed by atoms with Crippen molar-refractivity contribution in [2.45, 2.75) is 0 Å². The second kappa shape index (κ2) is 7.95. The van der Waals surface area contributed by atoms with Crippen molar-refractivity contribution >= 4 is 18.1 Å². The summed E-state index contributed by atoms with van der Waals surface area (Å²) < 4.78 is 15.2. The minimum atomic E-state index is -0.471. The van der Waals surface area contributed by atoms with Crippen molar-refractivity contribution in [2.24, 2.45) is 0 Å². The molecule has 0 unspecified atom stereocenters. The van der Waals surface area contributed by atoms with Gasteiger partial charge in [0.1, 0.15) is 6.61 Å². The van der Waals surface area contributed by atoms with Crippen LogP contribution in [0.5, 0.6) is 11.5 Å². The van der Waals surface area contributed by atoms with Gasteiger partial charge in [0.25, 0.3) is 0 Å². The molecule has 0 saturated carbocycles. The first kappa shape index (κ1) is 15.7. The molecule has 1 heterocycles. The number of carbonyl (C=O) groups is 1. The van der Waals surface area contributed by atoms with E-state index in [1.807, 2.05) is 30.4 Å². The Hall–Kier alpha value is -2.66. The van der Waals surface area contributed by atoms with Crippen molar-refractivity contribution in [3.63, 3.8) is 0 Å². The molecule has 0 N–H and O–H groups in total. The first-order valence-corrected chi connectivity index (χ1v) is 6.68. The van der Waals surface area contributed by atoms with E-state index in [4.69, 9.17) is 14.2 Å². The summed E-state index contributed by atoms with van der Waals surface area (Å²) in [6, 6.07) is 9.16. The van der Waals surface area contributed by atoms with E-state index in [-0.39, 0.29) is 6.61 Å². The Morgan fingerprint density at radius 3 is 2.45 bits per heavy atom. The quantitative estimate of drug-likeness (QED) is 0.606. The van der Waals surface area contributed by atoms with Crippen LogP contribution in [0, 0.1) is 0 Å². The van der Waals surface area contributed by atoms with Gasteiger partial charge >= 0.3 is 5.97 Å². The molecule has 0 radical (unpaired) electrons. The predicted octanol–water partition coefficient (Wildman–Crippen LogP) is 2.81. The summed E-state index contributed by atoms with van der Waals surface area (Å²) in [5, 5.41) is 0. The van der Waals surface area contributed by atoms with Crippen LogP contribution < -0.4 is 9.47 Å². The number of methoxy groups -OCH3 is 2. The molecule has 0 fully saturated rings. The molecule has 0 aliphatic carbocycles. The molecule has 0 aliphatic rings. The van der Waals surface area contributed by atoms with Crippen LogP contribution >= 0.6 is 0 Å². The average molecular weight is 299 g/mol.